The number of quaternary nitrogens is 1. The summed E-state index contributed by atoms with van der Waals surface area (Å²) in [4.78, 5) is 0. The monoisotopic (exact) mass is 355 g/mol. The maximum absolute atomic E-state index is 2.38. The molecule has 3 saturated heterocycles. The summed E-state index contributed by atoms with van der Waals surface area (Å²) in [5, 5.41) is 0. The fourth-order valence-corrected chi connectivity index (χ4v) is 5.19. The first-order chi connectivity index (χ1) is 10.4. The SMILES string of the molecule is [Br-].c1ccc2c(c1)-c1ccccc1C2[N+]12CCC(CC1)CC2. The van der Waals surface area contributed by atoms with E-state index in [-0.39, 0.29) is 17.0 Å². The first-order valence-electron chi connectivity index (χ1n) is 8.41. The fourth-order valence-electron chi connectivity index (χ4n) is 5.19. The Hall–Kier alpha value is -1.12. The summed E-state index contributed by atoms with van der Waals surface area (Å²) in [6, 6.07) is 18.9. The van der Waals surface area contributed by atoms with E-state index in [9.17, 15) is 0 Å². The van der Waals surface area contributed by atoms with Gasteiger partial charge in [0.15, 0.2) is 0 Å². The van der Waals surface area contributed by atoms with Crippen LogP contribution in [0.5, 0.6) is 0 Å². The molecular formula is C20H22BrN. The number of piperidine rings is 3. The van der Waals surface area contributed by atoms with Crippen molar-refractivity contribution in [2.75, 3.05) is 19.6 Å². The number of nitrogens with zero attached hydrogens (tertiary/aromatic N) is 1. The van der Waals surface area contributed by atoms with Crippen LogP contribution in [-0.4, -0.2) is 24.1 Å². The van der Waals surface area contributed by atoms with Gasteiger partial charge in [-0.15, -0.1) is 0 Å². The predicted molar refractivity (Wildman–Crippen MR) is 85.9 cm³/mol. The van der Waals surface area contributed by atoms with Gasteiger partial charge in [-0.2, -0.15) is 0 Å². The lowest BCUT2D eigenvalue weighted by Gasteiger charge is -2.53. The van der Waals surface area contributed by atoms with Crippen molar-refractivity contribution in [1.29, 1.82) is 0 Å². The molecule has 0 saturated carbocycles. The van der Waals surface area contributed by atoms with Crippen LogP contribution >= 0.6 is 0 Å². The van der Waals surface area contributed by atoms with E-state index < -0.39 is 0 Å². The maximum atomic E-state index is 2.38. The van der Waals surface area contributed by atoms with Gasteiger partial charge in [-0.1, -0.05) is 48.5 Å². The molecule has 22 heavy (non-hydrogen) atoms. The third kappa shape index (κ3) is 1.87. The van der Waals surface area contributed by atoms with Gasteiger partial charge in [0.2, 0.25) is 0 Å². The molecule has 2 heteroatoms. The number of hydrogen-bond donors (Lipinski definition) is 0. The topological polar surface area (TPSA) is 0 Å². The molecule has 2 aromatic carbocycles. The zero-order valence-corrected chi connectivity index (χ0v) is 14.4. The van der Waals surface area contributed by atoms with Gasteiger partial charge in [-0.3, -0.25) is 0 Å². The molecule has 3 fully saturated rings. The van der Waals surface area contributed by atoms with Crippen LogP contribution in [0.2, 0.25) is 0 Å². The van der Waals surface area contributed by atoms with Gasteiger partial charge in [0.1, 0.15) is 6.04 Å². The number of benzene rings is 2. The molecule has 1 nitrogen and oxygen atoms in total. The van der Waals surface area contributed by atoms with Crippen molar-refractivity contribution < 1.29 is 21.5 Å². The molecule has 1 aliphatic carbocycles. The number of rotatable bonds is 1. The Morgan fingerprint density at radius 1 is 0.682 bits per heavy atom. The van der Waals surface area contributed by atoms with Gasteiger partial charge in [-0.25, -0.2) is 0 Å². The minimum absolute atomic E-state index is 0. The van der Waals surface area contributed by atoms with Crippen LogP contribution < -0.4 is 17.0 Å². The third-order valence-electron chi connectivity index (χ3n) is 6.30. The first-order valence-corrected chi connectivity index (χ1v) is 8.41. The van der Waals surface area contributed by atoms with Gasteiger partial charge in [0.05, 0.1) is 19.6 Å². The predicted octanol–water partition coefficient (Wildman–Crippen LogP) is 1.39. The highest BCUT2D eigenvalue weighted by molar-refractivity contribution is 5.78. The highest BCUT2D eigenvalue weighted by Crippen LogP contribution is 2.52. The minimum atomic E-state index is 0. The molecule has 2 aromatic rings. The van der Waals surface area contributed by atoms with Crippen molar-refractivity contribution >= 4 is 0 Å². The molecule has 3 heterocycles. The van der Waals surface area contributed by atoms with Crippen LogP contribution in [0, 0.1) is 5.92 Å². The van der Waals surface area contributed by atoms with Crippen LogP contribution in [0.25, 0.3) is 11.1 Å². The lowest BCUT2D eigenvalue weighted by atomic mass is 9.82. The largest absolute Gasteiger partial charge is 1.00 e. The second-order valence-corrected chi connectivity index (χ2v) is 7.20. The molecule has 4 aliphatic rings. The quantitative estimate of drug-likeness (QED) is 0.678. The molecule has 0 radical (unpaired) electrons. The standard InChI is InChI=1S/C20H22N.BrH/c1-3-7-18-16(5-1)17-6-2-4-8-19(17)20(18)21-12-9-15(10-13-21)11-14-21;/h1-8,15,20H,9-14H2;1H/q+1;/p-1. The van der Waals surface area contributed by atoms with Gasteiger partial charge in [0.25, 0.3) is 0 Å². The maximum Gasteiger partial charge on any atom is 0.142 e. The Morgan fingerprint density at radius 2 is 1.14 bits per heavy atom. The number of halogens is 1. The highest BCUT2D eigenvalue weighted by atomic mass is 79.9. The van der Waals surface area contributed by atoms with Crippen molar-refractivity contribution in [3.8, 4) is 11.1 Å². The molecule has 0 unspecified atom stereocenters. The van der Waals surface area contributed by atoms with Crippen LogP contribution in [0.4, 0.5) is 0 Å². The fraction of sp³-hybridized carbons (Fsp3) is 0.400. The van der Waals surface area contributed by atoms with Crippen LogP contribution in [-0.2, 0) is 0 Å². The summed E-state index contributed by atoms with van der Waals surface area (Å²) in [5.74, 6) is 1.02. The molecule has 0 aromatic heterocycles. The van der Waals surface area contributed by atoms with E-state index in [1.807, 2.05) is 0 Å². The van der Waals surface area contributed by atoms with Gasteiger partial charge >= 0.3 is 0 Å². The number of hydrogen-bond acceptors (Lipinski definition) is 0. The van der Waals surface area contributed by atoms with E-state index in [1.54, 1.807) is 11.1 Å². The lowest BCUT2D eigenvalue weighted by Crippen LogP contribution is -3.00. The first kappa shape index (κ1) is 14.5. The van der Waals surface area contributed by atoms with Crippen molar-refractivity contribution in [2.24, 2.45) is 5.92 Å². The molecule has 2 bridgehead atoms. The van der Waals surface area contributed by atoms with Crippen molar-refractivity contribution in [3.63, 3.8) is 0 Å². The number of fused-ring (bicyclic) bond motifs is 6. The van der Waals surface area contributed by atoms with Crippen LogP contribution in [0.15, 0.2) is 48.5 Å². The van der Waals surface area contributed by atoms with E-state index in [4.69, 9.17) is 0 Å². The molecule has 0 atom stereocenters. The normalized spacial score (nSPS) is 28.8. The Bertz CT molecular complexity index is 641. The molecule has 114 valence electrons. The van der Waals surface area contributed by atoms with Crippen LogP contribution in [0.3, 0.4) is 0 Å². The van der Waals surface area contributed by atoms with E-state index >= 15 is 0 Å². The second-order valence-electron chi connectivity index (χ2n) is 7.20. The summed E-state index contributed by atoms with van der Waals surface area (Å²) >= 11 is 0. The Morgan fingerprint density at radius 3 is 1.64 bits per heavy atom. The van der Waals surface area contributed by atoms with Gasteiger partial charge in [0, 0.05) is 11.1 Å². The second kappa shape index (κ2) is 5.21. The molecule has 0 amide bonds. The molecule has 0 spiro atoms. The van der Waals surface area contributed by atoms with Crippen LogP contribution in [0.1, 0.15) is 36.4 Å². The Labute approximate surface area is 143 Å². The molecule has 6 rings (SSSR count). The van der Waals surface area contributed by atoms with E-state index in [1.165, 1.54) is 54.5 Å². The summed E-state index contributed by atoms with van der Waals surface area (Å²) in [7, 11) is 0. The average molecular weight is 356 g/mol. The average Bonchev–Trinajstić information content (AvgIpc) is 2.92. The minimum Gasteiger partial charge on any atom is -1.00 e. The van der Waals surface area contributed by atoms with E-state index in [0.29, 0.717) is 6.04 Å². The van der Waals surface area contributed by atoms with Gasteiger partial charge < -0.3 is 21.5 Å². The smallest absolute Gasteiger partial charge is 0.142 e. The summed E-state index contributed by atoms with van der Waals surface area (Å²) < 4.78 is 1.32. The third-order valence-corrected chi connectivity index (χ3v) is 6.30. The summed E-state index contributed by atoms with van der Waals surface area (Å²) in [5.41, 5.74) is 6.13. The Balaban J connectivity index is 0.00000125. The summed E-state index contributed by atoms with van der Waals surface area (Å²) in [6.07, 6.45) is 4.34. The highest BCUT2D eigenvalue weighted by Gasteiger charge is 2.49. The lowest BCUT2D eigenvalue weighted by molar-refractivity contribution is -0.965. The zero-order chi connectivity index (χ0) is 13.9. The van der Waals surface area contributed by atoms with Crippen molar-refractivity contribution in [1.82, 2.24) is 0 Å². The molecular weight excluding hydrogens is 334 g/mol. The zero-order valence-electron chi connectivity index (χ0n) is 12.8. The van der Waals surface area contributed by atoms with E-state index in [2.05, 4.69) is 48.5 Å². The van der Waals surface area contributed by atoms with Gasteiger partial charge in [-0.05, 0) is 36.3 Å². The van der Waals surface area contributed by atoms with E-state index in [0.717, 1.165) is 5.92 Å². The Kier molecular flexibility index (Phi) is 3.43. The van der Waals surface area contributed by atoms with Crippen molar-refractivity contribution in [2.45, 2.75) is 25.3 Å². The summed E-state index contributed by atoms with van der Waals surface area (Å²) in [6.45, 7) is 4.16. The molecule has 3 aliphatic heterocycles. The molecule has 0 N–H and O–H groups in total. The van der Waals surface area contributed by atoms with Crippen molar-refractivity contribution in [3.05, 3.63) is 59.7 Å².